The van der Waals surface area contributed by atoms with Gasteiger partial charge in [-0.25, -0.2) is 9.59 Å². The van der Waals surface area contributed by atoms with Gasteiger partial charge in [0.25, 0.3) is 0 Å². The summed E-state index contributed by atoms with van der Waals surface area (Å²) >= 11 is 1.13. The molecule has 0 fully saturated rings. The number of hydrogen-bond acceptors (Lipinski definition) is 6. The minimum atomic E-state index is -1.39. The number of hydrogen-bond donors (Lipinski definition) is 2. The van der Waals surface area contributed by atoms with E-state index in [4.69, 9.17) is 0 Å². The second-order valence-electron chi connectivity index (χ2n) is 13.7. The van der Waals surface area contributed by atoms with Gasteiger partial charge in [-0.05, 0) is 96.9 Å². The highest BCUT2D eigenvalue weighted by Crippen LogP contribution is 2.47. The van der Waals surface area contributed by atoms with Crippen LogP contribution in [0, 0.1) is 25.2 Å². The Morgan fingerprint density at radius 2 is 1.07 bits per heavy atom. The lowest BCUT2D eigenvalue weighted by atomic mass is 10.0. The molecule has 0 aliphatic rings. The van der Waals surface area contributed by atoms with E-state index in [2.05, 4.69) is 113 Å². The molecule has 0 amide bonds. The normalized spacial score (nSPS) is 11.4. The van der Waals surface area contributed by atoms with Crippen LogP contribution in [0.5, 0.6) is 0 Å². The van der Waals surface area contributed by atoms with Crippen molar-refractivity contribution >= 4 is 85.0 Å². The van der Waals surface area contributed by atoms with Crippen molar-refractivity contribution < 1.29 is 19.8 Å². The molecule has 0 bridgehead atoms. The van der Waals surface area contributed by atoms with Gasteiger partial charge >= 0.3 is 11.9 Å². The average Bonchev–Trinajstić information content (AvgIpc) is 3.66. The first-order chi connectivity index (χ1) is 27.7. The quantitative estimate of drug-likeness (QED) is 0.106. The number of carboxylic acids is 2. The van der Waals surface area contributed by atoms with Crippen molar-refractivity contribution in [2.24, 2.45) is 0 Å². The zero-order chi connectivity index (χ0) is 39.6. The smallest absolute Gasteiger partial charge is 0.346 e. The molecule has 0 radical (unpaired) electrons. The number of aliphatic carboxylic acids is 1. The van der Waals surface area contributed by atoms with Crippen molar-refractivity contribution in [3.05, 3.63) is 185 Å². The number of thiophene rings is 1. The Kier molecular flexibility index (Phi) is 9.83. The first-order valence-electron chi connectivity index (χ1n) is 18.3. The molecule has 1 aromatic heterocycles. The number of aromatic carboxylic acids is 1. The van der Waals surface area contributed by atoms with Crippen LogP contribution in [0.1, 0.15) is 26.4 Å². The SMILES string of the molecule is Cc1ccc(N(c2cc(-c3sc(/C=C(/C#N)C(=O)O)cc3C(=O)O)cc(N(c3ccc(C)cc3)c3cccc4ccccc34)c2)c2cccc3ccccc23)cc1. The zero-order valence-electron chi connectivity index (χ0n) is 31.0. The number of aryl methyl sites for hydroxylation is 2. The van der Waals surface area contributed by atoms with Crippen molar-refractivity contribution in [3.8, 4) is 16.5 Å². The second kappa shape index (κ2) is 15.3. The van der Waals surface area contributed by atoms with Crippen molar-refractivity contribution in [1.82, 2.24) is 0 Å². The Labute approximate surface area is 333 Å². The van der Waals surface area contributed by atoms with Crippen LogP contribution in [-0.2, 0) is 4.79 Å². The summed E-state index contributed by atoms with van der Waals surface area (Å²) in [4.78, 5) is 29.9. The molecule has 8 rings (SSSR count). The third-order valence-electron chi connectivity index (χ3n) is 9.90. The molecule has 0 aliphatic heterocycles. The summed E-state index contributed by atoms with van der Waals surface area (Å²) in [5.41, 5.74) is 7.53. The Bertz CT molecular complexity index is 2750. The highest BCUT2D eigenvalue weighted by Gasteiger charge is 2.24. The van der Waals surface area contributed by atoms with E-state index < -0.39 is 17.5 Å². The van der Waals surface area contributed by atoms with Gasteiger partial charge in [-0.15, -0.1) is 11.3 Å². The van der Waals surface area contributed by atoms with E-state index in [1.807, 2.05) is 62.4 Å². The predicted molar refractivity (Wildman–Crippen MR) is 232 cm³/mol. The summed E-state index contributed by atoms with van der Waals surface area (Å²) in [5, 5.41) is 34.0. The molecule has 8 heteroatoms. The van der Waals surface area contributed by atoms with E-state index >= 15 is 0 Å². The highest BCUT2D eigenvalue weighted by atomic mass is 32.1. The molecule has 0 atom stereocenters. The van der Waals surface area contributed by atoms with Crippen LogP contribution in [0.2, 0.25) is 0 Å². The fourth-order valence-corrected chi connectivity index (χ4v) is 8.25. The lowest BCUT2D eigenvalue weighted by Crippen LogP contribution is -2.14. The third-order valence-corrected chi connectivity index (χ3v) is 11.0. The van der Waals surface area contributed by atoms with E-state index in [1.54, 1.807) is 6.07 Å². The Morgan fingerprint density at radius 3 is 1.53 bits per heavy atom. The summed E-state index contributed by atoms with van der Waals surface area (Å²) in [6, 6.07) is 54.7. The molecule has 0 aliphatic carbocycles. The maximum atomic E-state index is 13.0. The topological polar surface area (TPSA) is 105 Å². The van der Waals surface area contributed by atoms with Crippen molar-refractivity contribution in [1.29, 1.82) is 5.26 Å². The number of nitriles is 1. The maximum Gasteiger partial charge on any atom is 0.346 e. The molecule has 8 aromatic rings. The first kappa shape index (κ1) is 36.5. The van der Waals surface area contributed by atoms with Crippen LogP contribution in [-0.4, -0.2) is 22.2 Å². The van der Waals surface area contributed by atoms with Gasteiger partial charge in [0.2, 0.25) is 0 Å². The molecular weight excluding hydrogens is 727 g/mol. The Hall–Kier alpha value is -7.47. The lowest BCUT2D eigenvalue weighted by Gasteiger charge is -2.31. The number of benzene rings is 7. The maximum absolute atomic E-state index is 13.0. The molecule has 0 spiro atoms. The van der Waals surface area contributed by atoms with Crippen molar-refractivity contribution in [2.45, 2.75) is 13.8 Å². The predicted octanol–water partition coefficient (Wildman–Crippen LogP) is 13.0. The molecule has 1 heterocycles. The van der Waals surface area contributed by atoms with Gasteiger partial charge in [-0.3, -0.25) is 0 Å². The first-order valence-corrected chi connectivity index (χ1v) is 19.1. The van der Waals surface area contributed by atoms with Crippen LogP contribution in [0.3, 0.4) is 0 Å². The minimum absolute atomic E-state index is 0.00359. The average molecular weight is 762 g/mol. The Morgan fingerprint density at radius 1 is 0.596 bits per heavy atom. The van der Waals surface area contributed by atoms with Crippen LogP contribution < -0.4 is 9.80 Å². The zero-order valence-corrected chi connectivity index (χ0v) is 31.9. The van der Waals surface area contributed by atoms with E-state index in [-0.39, 0.29) is 5.56 Å². The van der Waals surface area contributed by atoms with Gasteiger partial charge in [-0.2, -0.15) is 5.26 Å². The second-order valence-corrected chi connectivity index (χ2v) is 14.8. The molecule has 0 saturated heterocycles. The highest BCUT2D eigenvalue weighted by molar-refractivity contribution is 7.16. The van der Waals surface area contributed by atoms with Crippen LogP contribution in [0.25, 0.3) is 38.1 Å². The van der Waals surface area contributed by atoms with Crippen LogP contribution in [0.4, 0.5) is 34.1 Å². The van der Waals surface area contributed by atoms with Gasteiger partial charge in [0.1, 0.15) is 11.6 Å². The number of anilines is 6. The largest absolute Gasteiger partial charge is 0.478 e. The molecule has 276 valence electrons. The summed E-state index contributed by atoms with van der Waals surface area (Å²) in [7, 11) is 0. The van der Waals surface area contributed by atoms with Crippen LogP contribution >= 0.6 is 11.3 Å². The number of fused-ring (bicyclic) bond motifs is 2. The third kappa shape index (κ3) is 7.23. The van der Waals surface area contributed by atoms with Crippen LogP contribution in [0.15, 0.2) is 163 Å². The summed E-state index contributed by atoms with van der Waals surface area (Å²) in [6.07, 6.45) is 1.22. The standard InChI is InChI=1S/C49H35N3O4S/c1-31-17-21-37(22-18-31)51(45-15-7-11-33-9-3-5-13-42(33)45)39-25-35(47-44(49(55)56)29-41(57-47)27-36(30-50)48(53)54)26-40(28-39)52(38-23-19-32(2)20-24-38)46-16-8-12-34-10-4-6-14-43(34)46/h3-29H,1-2H3,(H,53,54)(H,55,56)/b36-27-. The molecule has 2 N–H and O–H groups in total. The summed E-state index contributed by atoms with van der Waals surface area (Å²) in [5.74, 6) is -2.56. The molecule has 57 heavy (non-hydrogen) atoms. The lowest BCUT2D eigenvalue weighted by molar-refractivity contribution is -0.132. The minimum Gasteiger partial charge on any atom is -0.478 e. The van der Waals surface area contributed by atoms with E-state index in [0.29, 0.717) is 15.3 Å². The van der Waals surface area contributed by atoms with Gasteiger partial charge in [0.05, 0.1) is 16.9 Å². The monoisotopic (exact) mass is 761 g/mol. The number of nitrogens with zero attached hydrogens (tertiary/aromatic N) is 3. The molecule has 7 nitrogen and oxygen atoms in total. The van der Waals surface area contributed by atoms with E-state index in [9.17, 15) is 25.1 Å². The molecule has 0 saturated carbocycles. The van der Waals surface area contributed by atoms with E-state index in [1.165, 1.54) is 12.1 Å². The van der Waals surface area contributed by atoms with Crippen molar-refractivity contribution in [2.75, 3.05) is 9.80 Å². The summed E-state index contributed by atoms with van der Waals surface area (Å²) < 4.78 is 0. The van der Waals surface area contributed by atoms with Gasteiger partial charge < -0.3 is 20.0 Å². The number of carboxylic acid groups (broad SMARTS) is 2. The van der Waals surface area contributed by atoms with Crippen molar-refractivity contribution in [3.63, 3.8) is 0 Å². The Balaban J connectivity index is 1.47. The molecule has 7 aromatic carbocycles. The fourth-order valence-electron chi connectivity index (χ4n) is 7.17. The molecular formula is C49H35N3O4S. The summed E-state index contributed by atoms with van der Waals surface area (Å²) in [6.45, 7) is 4.10. The van der Waals surface area contributed by atoms with Gasteiger partial charge in [-0.1, -0.05) is 108 Å². The van der Waals surface area contributed by atoms with Gasteiger partial charge in [0.15, 0.2) is 0 Å². The van der Waals surface area contributed by atoms with Gasteiger partial charge in [0, 0.05) is 43.3 Å². The number of rotatable bonds is 10. The van der Waals surface area contributed by atoms with E-state index in [0.717, 1.165) is 78.1 Å². The number of carbonyl (C=O) groups is 2. The fraction of sp³-hybridized carbons (Fsp3) is 0.0408. The molecule has 0 unspecified atom stereocenters.